The van der Waals surface area contributed by atoms with E-state index in [0.29, 0.717) is 10.8 Å². The summed E-state index contributed by atoms with van der Waals surface area (Å²) in [6, 6.07) is 10.8. The van der Waals surface area contributed by atoms with Gasteiger partial charge >= 0.3 is 0 Å². The number of imidazole rings is 1. The number of rotatable bonds is 7. The number of hydrogen-bond acceptors (Lipinski definition) is 5. The second-order valence-electron chi connectivity index (χ2n) is 7.81. The molecule has 32 heavy (non-hydrogen) atoms. The molecule has 0 aliphatic rings. The second kappa shape index (κ2) is 9.48. The molecule has 7 nitrogen and oxygen atoms in total. The molecule has 1 N–H and O–H groups in total. The normalized spacial score (nSPS) is 12.7. The molecule has 0 aliphatic heterocycles. The molecule has 3 aromatic rings. The first-order chi connectivity index (χ1) is 15.0. The van der Waals surface area contributed by atoms with Gasteiger partial charge in [-0.3, -0.25) is 9.36 Å². The molecular formula is C23H28N4O3S2. The van der Waals surface area contributed by atoms with E-state index in [1.807, 2.05) is 29.8 Å². The topological polar surface area (TPSA) is 84.3 Å². The number of carbonyl (C=O) groups is 1. The molecule has 0 fully saturated rings. The van der Waals surface area contributed by atoms with Crippen molar-refractivity contribution in [2.24, 2.45) is 0 Å². The number of carbonyl (C=O) groups excluding carboxylic acids is 1. The van der Waals surface area contributed by atoms with Crippen LogP contribution in [0.4, 0.5) is 5.69 Å². The van der Waals surface area contributed by atoms with Crippen LogP contribution in [0.1, 0.15) is 23.6 Å². The van der Waals surface area contributed by atoms with Gasteiger partial charge in [0, 0.05) is 32.2 Å². The molecule has 3 rings (SSSR count). The number of aromatic nitrogens is 2. The van der Waals surface area contributed by atoms with Gasteiger partial charge in [-0.1, -0.05) is 30.0 Å². The summed E-state index contributed by atoms with van der Waals surface area (Å²) in [6.45, 7) is 7.75. The zero-order chi connectivity index (χ0) is 23.6. The minimum Gasteiger partial charge on any atom is -0.325 e. The van der Waals surface area contributed by atoms with Crippen LogP contribution in [0.3, 0.4) is 0 Å². The molecule has 0 radical (unpaired) electrons. The fourth-order valence-corrected chi connectivity index (χ4v) is 4.92. The summed E-state index contributed by atoms with van der Waals surface area (Å²) in [5.74, 6) is -0.229. The number of anilines is 1. The molecule has 1 atom stereocenters. The molecule has 1 heterocycles. The van der Waals surface area contributed by atoms with Gasteiger partial charge in [-0.05, 0) is 62.6 Å². The number of hydrogen-bond donors (Lipinski definition) is 1. The molecule has 0 spiro atoms. The van der Waals surface area contributed by atoms with Crippen molar-refractivity contribution in [3.8, 4) is 5.69 Å². The Morgan fingerprint density at radius 3 is 2.53 bits per heavy atom. The lowest BCUT2D eigenvalue weighted by Gasteiger charge is -2.17. The molecule has 1 amide bonds. The number of thioether (sulfide) groups is 1. The summed E-state index contributed by atoms with van der Waals surface area (Å²) < 4.78 is 28.0. The molecular weight excluding hydrogens is 444 g/mol. The number of benzene rings is 2. The van der Waals surface area contributed by atoms with E-state index in [1.165, 1.54) is 37.5 Å². The van der Waals surface area contributed by atoms with Gasteiger partial charge in [0.1, 0.15) is 0 Å². The summed E-state index contributed by atoms with van der Waals surface area (Å²) in [5, 5.41) is 3.13. The van der Waals surface area contributed by atoms with Gasteiger partial charge in [0.25, 0.3) is 0 Å². The Hall–Kier alpha value is -2.62. The zero-order valence-electron chi connectivity index (χ0n) is 19.1. The van der Waals surface area contributed by atoms with Crippen molar-refractivity contribution in [2.45, 2.75) is 43.0 Å². The van der Waals surface area contributed by atoms with Crippen LogP contribution in [-0.4, -0.2) is 47.5 Å². The highest BCUT2D eigenvalue weighted by molar-refractivity contribution is 8.00. The molecule has 0 unspecified atom stereocenters. The third-order valence-corrected chi connectivity index (χ3v) is 8.23. The van der Waals surface area contributed by atoms with Crippen molar-refractivity contribution in [1.82, 2.24) is 13.9 Å². The van der Waals surface area contributed by atoms with Gasteiger partial charge < -0.3 is 5.32 Å². The highest BCUT2D eigenvalue weighted by Gasteiger charge is 2.22. The van der Waals surface area contributed by atoms with E-state index in [2.05, 4.69) is 30.2 Å². The maximum absolute atomic E-state index is 12.9. The van der Waals surface area contributed by atoms with Crippen molar-refractivity contribution in [3.05, 3.63) is 65.5 Å². The van der Waals surface area contributed by atoms with E-state index < -0.39 is 15.3 Å². The Morgan fingerprint density at radius 2 is 1.84 bits per heavy atom. The summed E-state index contributed by atoms with van der Waals surface area (Å²) in [5.41, 5.74) is 4.61. The smallest absolute Gasteiger partial charge is 0.242 e. The van der Waals surface area contributed by atoms with Crippen LogP contribution in [0.5, 0.6) is 0 Å². The van der Waals surface area contributed by atoms with Crippen LogP contribution >= 0.6 is 11.8 Å². The number of sulfonamides is 1. The van der Waals surface area contributed by atoms with E-state index in [4.69, 9.17) is 0 Å². The number of nitrogens with zero attached hydrogens (tertiary/aromatic N) is 3. The molecule has 0 aliphatic carbocycles. The third-order valence-electron chi connectivity index (χ3n) is 5.34. The first kappa shape index (κ1) is 24.0. The highest BCUT2D eigenvalue weighted by atomic mass is 32.2. The maximum Gasteiger partial charge on any atom is 0.242 e. The number of aryl methyl sites for hydroxylation is 2. The van der Waals surface area contributed by atoms with Crippen molar-refractivity contribution in [2.75, 3.05) is 19.4 Å². The number of nitrogens with one attached hydrogen (secondary N) is 1. The van der Waals surface area contributed by atoms with Gasteiger partial charge in [0.05, 0.1) is 15.8 Å². The molecule has 170 valence electrons. The average molecular weight is 473 g/mol. The zero-order valence-corrected chi connectivity index (χ0v) is 20.7. The maximum atomic E-state index is 12.9. The predicted molar refractivity (Wildman–Crippen MR) is 129 cm³/mol. The molecule has 0 bridgehead atoms. The summed E-state index contributed by atoms with van der Waals surface area (Å²) in [7, 11) is -0.641. The van der Waals surface area contributed by atoms with E-state index in [9.17, 15) is 13.2 Å². The van der Waals surface area contributed by atoms with Crippen molar-refractivity contribution in [3.63, 3.8) is 0 Å². The molecule has 9 heteroatoms. The minimum atomic E-state index is -3.59. The first-order valence-electron chi connectivity index (χ1n) is 10.1. The SMILES string of the molecule is Cc1ccc(S(=O)(=O)N(C)C)cc1NC(=O)[C@@H](C)Sc1nccn1-c1cccc(C)c1C. The minimum absolute atomic E-state index is 0.133. The van der Waals surface area contributed by atoms with Crippen LogP contribution < -0.4 is 5.32 Å². The largest absolute Gasteiger partial charge is 0.325 e. The quantitative estimate of drug-likeness (QED) is 0.522. The molecule has 1 aromatic heterocycles. The standard InChI is InChI=1S/C23H28N4O3S2/c1-15-8-7-9-21(17(15)3)27-13-12-24-23(27)31-18(4)22(28)25-20-14-19(11-10-16(20)2)32(29,30)26(5)6/h7-14,18H,1-6H3,(H,25,28)/t18-/m1/s1. The fraction of sp³-hybridized carbons (Fsp3) is 0.304. The van der Waals surface area contributed by atoms with Crippen LogP contribution in [0.2, 0.25) is 0 Å². The third kappa shape index (κ3) is 4.90. The average Bonchev–Trinajstić information content (AvgIpc) is 3.19. The van der Waals surface area contributed by atoms with Crippen molar-refractivity contribution in [1.29, 1.82) is 0 Å². The van der Waals surface area contributed by atoms with Crippen LogP contribution in [0.15, 0.2) is 58.8 Å². The van der Waals surface area contributed by atoms with Crippen LogP contribution in [0.25, 0.3) is 5.69 Å². The van der Waals surface area contributed by atoms with Gasteiger partial charge in [-0.15, -0.1) is 0 Å². The Labute approximate surface area is 193 Å². The van der Waals surface area contributed by atoms with Gasteiger partial charge in [-0.2, -0.15) is 0 Å². The lowest BCUT2D eigenvalue weighted by Crippen LogP contribution is -2.25. The summed E-state index contributed by atoms with van der Waals surface area (Å²) in [6.07, 6.45) is 3.60. The first-order valence-corrected chi connectivity index (χ1v) is 12.4. The highest BCUT2D eigenvalue weighted by Crippen LogP contribution is 2.28. The van der Waals surface area contributed by atoms with Crippen LogP contribution in [-0.2, 0) is 14.8 Å². The Balaban J connectivity index is 1.80. The molecule has 2 aromatic carbocycles. The molecule has 0 saturated carbocycles. The Morgan fingerprint density at radius 1 is 1.12 bits per heavy atom. The van der Waals surface area contributed by atoms with Crippen molar-refractivity contribution >= 4 is 33.4 Å². The van der Waals surface area contributed by atoms with Crippen molar-refractivity contribution < 1.29 is 13.2 Å². The summed E-state index contributed by atoms with van der Waals surface area (Å²) in [4.78, 5) is 17.5. The Kier molecular flexibility index (Phi) is 7.12. The monoisotopic (exact) mass is 472 g/mol. The predicted octanol–water partition coefficient (Wildman–Crippen LogP) is 4.17. The van der Waals surface area contributed by atoms with E-state index in [1.54, 1.807) is 25.3 Å². The lowest BCUT2D eigenvalue weighted by atomic mass is 10.1. The van der Waals surface area contributed by atoms with E-state index in [-0.39, 0.29) is 10.8 Å². The van der Waals surface area contributed by atoms with Gasteiger partial charge in [0.2, 0.25) is 15.9 Å². The fourth-order valence-electron chi connectivity index (χ4n) is 3.11. The van der Waals surface area contributed by atoms with E-state index in [0.717, 1.165) is 21.1 Å². The van der Waals surface area contributed by atoms with Gasteiger partial charge in [-0.25, -0.2) is 17.7 Å². The molecule has 0 saturated heterocycles. The Bertz CT molecular complexity index is 1250. The number of amides is 1. The summed E-state index contributed by atoms with van der Waals surface area (Å²) >= 11 is 1.35. The lowest BCUT2D eigenvalue weighted by molar-refractivity contribution is -0.115. The second-order valence-corrected chi connectivity index (χ2v) is 11.3. The van der Waals surface area contributed by atoms with E-state index >= 15 is 0 Å². The van der Waals surface area contributed by atoms with Gasteiger partial charge in [0.15, 0.2) is 5.16 Å². The van der Waals surface area contributed by atoms with Crippen LogP contribution in [0, 0.1) is 20.8 Å².